The van der Waals surface area contributed by atoms with E-state index in [2.05, 4.69) is 51.7 Å². The van der Waals surface area contributed by atoms with Crippen LogP contribution in [0.15, 0.2) is 33.7 Å². The van der Waals surface area contributed by atoms with Crippen LogP contribution in [0.3, 0.4) is 0 Å². The Morgan fingerprint density at radius 1 is 1.38 bits per heavy atom. The van der Waals surface area contributed by atoms with Gasteiger partial charge >= 0.3 is 6.09 Å². The number of guanidine groups is 1. The lowest BCUT2D eigenvalue weighted by Crippen LogP contribution is -2.49. The molecule has 0 saturated carbocycles. The zero-order valence-electron chi connectivity index (χ0n) is 15.6. The maximum atomic E-state index is 11.6. The molecule has 1 amide bonds. The number of hydrogen-bond acceptors (Lipinski definition) is 3. The highest BCUT2D eigenvalue weighted by molar-refractivity contribution is 9.10. The Morgan fingerprint density at radius 2 is 2.15 bits per heavy atom. The van der Waals surface area contributed by atoms with Crippen LogP contribution in [-0.4, -0.2) is 56.3 Å². The molecule has 0 aromatic heterocycles. The number of likely N-dealkylation sites (tertiary alicyclic amines) is 1. The number of amides is 1. The van der Waals surface area contributed by atoms with Crippen molar-refractivity contribution in [2.24, 2.45) is 4.99 Å². The normalized spacial score (nSPS) is 15.7. The Kier molecular flexibility index (Phi) is 8.74. The van der Waals surface area contributed by atoms with E-state index in [1.807, 2.05) is 6.07 Å². The number of aryl methyl sites for hydroxylation is 1. The first kappa shape index (κ1) is 20.6. The third kappa shape index (κ3) is 6.86. The monoisotopic (exact) mass is 424 g/mol. The number of halogens is 1. The number of nitrogens with one attached hydrogen (secondary N) is 2. The van der Waals surface area contributed by atoms with Crippen LogP contribution in [0.2, 0.25) is 0 Å². The van der Waals surface area contributed by atoms with Crippen LogP contribution in [0.4, 0.5) is 4.79 Å². The molecule has 1 aromatic rings. The van der Waals surface area contributed by atoms with Crippen molar-refractivity contribution < 1.29 is 9.53 Å². The van der Waals surface area contributed by atoms with Crippen LogP contribution < -0.4 is 10.6 Å². The van der Waals surface area contributed by atoms with Gasteiger partial charge < -0.3 is 20.3 Å². The summed E-state index contributed by atoms with van der Waals surface area (Å²) in [6.07, 6.45) is 3.58. The van der Waals surface area contributed by atoms with E-state index in [9.17, 15) is 4.79 Å². The molecule has 0 atom stereocenters. The van der Waals surface area contributed by atoms with Gasteiger partial charge in [0.2, 0.25) is 0 Å². The van der Waals surface area contributed by atoms with E-state index in [4.69, 9.17) is 9.73 Å². The molecule has 1 aliphatic rings. The van der Waals surface area contributed by atoms with E-state index in [1.165, 1.54) is 12.7 Å². The number of piperidine rings is 1. The summed E-state index contributed by atoms with van der Waals surface area (Å²) in [5.41, 5.74) is 1.32. The molecule has 1 fully saturated rings. The minimum Gasteiger partial charge on any atom is -0.453 e. The minimum absolute atomic E-state index is 0.239. The first-order chi connectivity index (χ1) is 12.6. The largest absolute Gasteiger partial charge is 0.453 e. The first-order valence-corrected chi connectivity index (χ1v) is 10.0. The van der Waals surface area contributed by atoms with E-state index in [1.54, 1.807) is 4.90 Å². The van der Waals surface area contributed by atoms with Crippen molar-refractivity contribution >= 4 is 28.0 Å². The molecule has 1 saturated heterocycles. The van der Waals surface area contributed by atoms with Crippen molar-refractivity contribution in [1.82, 2.24) is 15.5 Å². The highest BCUT2D eigenvalue weighted by Crippen LogP contribution is 2.13. The molecule has 1 aliphatic heterocycles. The quantitative estimate of drug-likeness (QED) is 0.418. The Hall–Kier alpha value is -1.76. The molecule has 144 valence electrons. The van der Waals surface area contributed by atoms with Gasteiger partial charge in [0.15, 0.2) is 5.96 Å². The third-order valence-electron chi connectivity index (χ3n) is 4.40. The number of carbonyl (C=O) groups excluding carboxylic acids is 1. The fraction of sp³-hybridized carbons (Fsp3) is 0.579. The zero-order chi connectivity index (χ0) is 18.8. The molecule has 1 heterocycles. The highest BCUT2D eigenvalue weighted by Gasteiger charge is 2.23. The van der Waals surface area contributed by atoms with Gasteiger partial charge in [-0.3, -0.25) is 4.99 Å². The summed E-state index contributed by atoms with van der Waals surface area (Å²) in [6.45, 7) is 5.11. The molecular formula is C19H29BrN4O2. The lowest BCUT2D eigenvalue weighted by atomic mass is 10.1. The average molecular weight is 425 g/mol. The van der Waals surface area contributed by atoms with Crippen LogP contribution in [0.1, 0.15) is 31.7 Å². The molecule has 2 rings (SSSR count). The molecule has 0 spiro atoms. The van der Waals surface area contributed by atoms with Gasteiger partial charge in [0.05, 0.1) is 7.11 Å². The summed E-state index contributed by atoms with van der Waals surface area (Å²) in [5.74, 6) is 0.860. The summed E-state index contributed by atoms with van der Waals surface area (Å²) in [5, 5.41) is 6.80. The van der Waals surface area contributed by atoms with Gasteiger partial charge in [-0.2, -0.15) is 0 Å². The Balaban J connectivity index is 1.77. The van der Waals surface area contributed by atoms with E-state index >= 15 is 0 Å². The second kappa shape index (κ2) is 11.1. The van der Waals surface area contributed by atoms with E-state index in [0.717, 1.165) is 49.2 Å². The molecule has 7 heteroatoms. The van der Waals surface area contributed by atoms with Gasteiger partial charge in [-0.25, -0.2) is 4.79 Å². The number of hydrogen-bond donors (Lipinski definition) is 2. The van der Waals surface area contributed by atoms with Crippen molar-refractivity contribution in [1.29, 1.82) is 0 Å². The zero-order valence-corrected chi connectivity index (χ0v) is 17.2. The van der Waals surface area contributed by atoms with Crippen molar-refractivity contribution in [3.63, 3.8) is 0 Å². The summed E-state index contributed by atoms with van der Waals surface area (Å²) in [4.78, 5) is 18.0. The van der Waals surface area contributed by atoms with Crippen LogP contribution in [0.25, 0.3) is 0 Å². The van der Waals surface area contributed by atoms with Gasteiger partial charge in [-0.1, -0.05) is 28.1 Å². The average Bonchev–Trinajstić information content (AvgIpc) is 2.65. The molecule has 0 aliphatic carbocycles. The standard InChI is InChI=1S/C19H29BrN4O2/c1-3-21-18(22-11-5-7-15-6-4-8-16(20)14-15)23-17-9-12-24(13-10-17)19(25)26-2/h4,6,8,14,17H,3,5,7,9-13H2,1-2H3,(H2,21,22,23). The van der Waals surface area contributed by atoms with Crippen molar-refractivity contribution in [2.45, 2.75) is 38.6 Å². The number of rotatable bonds is 6. The van der Waals surface area contributed by atoms with Crippen LogP contribution in [0, 0.1) is 0 Å². The third-order valence-corrected chi connectivity index (χ3v) is 4.89. The molecule has 0 radical (unpaired) electrons. The number of ether oxygens (including phenoxy) is 1. The number of benzene rings is 1. The highest BCUT2D eigenvalue weighted by atomic mass is 79.9. The fourth-order valence-electron chi connectivity index (χ4n) is 3.02. The second-order valence-corrected chi connectivity index (χ2v) is 7.29. The maximum Gasteiger partial charge on any atom is 0.409 e. The van der Waals surface area contributed by atoms with E-state index in [-0.39, 0.29) is 6.09 Å². The van der Waals surface area contributed by atoms with Crippen molar-refractivity contribution in [3.05, 3.63) is 34.3 Å². The van der Waals surface area contributed by atoms with Crippen molar-refractivity contribution in [3.8, 4) is 0 Å². The number of nitrogens with zero attached hydrogens (tertiary/aromatic N) is 2. The predicted octanol–water partition coefficient (Wildman–Crippen LogP) is 3.17. The number of carbonyl (C=O) groups is 1. The van der Waals surface area contributed by atoms with Gasteiger partial charge in [0.1, 0.15) is 0 Å². The molecule has 1 aromatic carbocycles. The Labute approximate surface area is 164 Å². The first-order valence-electron chi connectivity index (χ1n) is 9.24. The topological polar surface area (TPSA) is 66.0 Å². The summed E-state index contributed by atoms with van der Waals surface area (Å²) < 4.78 is 5.90. The molecule has 2 N–H and O–H groups in total. The van der Waals surface area contributed by atoms with Crippen LogP contribution >= 0.6 is 15.9 Å². The fourth-order valence-corrected chi connectivity index (χ4v) is 3.46. The molecule has 26 heavy (non-hydrogen) atoms. The lowest BCUT2D eigenvalue weighted by molar-refractivity contribution is 0.111. The minimum atomic E-state index is -0.239. The van der Waals surface area contributed by atoms with E-state index < -0.39 is 0 Å². The van der Waals surface area contributed by atoms with Gasteiger partial charge in [0, 0.05) is 36.7 Å². The molecule has 0 unspecified atom stereocenters. The van der Waals surface area contributed by atoms with Crippen molar-refractivity contribution in [2.75, 3.05) is 33.3 Å². The maximum absolute atomic E-state index is 11.6. The number of aliphatic imine (C=N–C) groups is 1. The lowest BCUT2D eigenvalue weighted by Gasteiger charge is -2.32. The van der Waals surface area contributed by atoms with Gasteiger partial charge in [0.25, 0.3) is 0 Å². The SMILES string of the molecule is CCNC(=NCCCc1cccc(Br)c1)NC1CCN(C(=O)OC)CC1. The van der Waals surface area contributed by atoms with Gasteiger partial charge in [-0.05, 0) is 50.3 Å². The number of methoxy groups -OCH3 is 1. The van der Waals surface area contributed by atoms with E-state index in [0.29, 0.717) is 19.1 Å². The smallest absolute Gasteiger partial charge is 0.409 e. The molecule has 0 bridgehead atoms. The predicted molar refractivity (Wildman–Crippen MR) is 109 cm³/mol. The summed E-state index contributed by atoms with van der Waals surface area (Å²) in [6, 6.07) is 8.74. The summed E-state index contributed by atoms with van der Waals surface area (Å²) in [7, 11) is 1.43. The Morgan fingerprint density at radius 3 is 2.81 bits per heavy atom. The summed E-state index contributed by atoms with van der Waals surface area (Å²) >= 11 is 3.51. The second-order valence-electron chi connectivity index (χ2n) is 6.37. The Bertz CT molecular complexity index is 601. The van der Waals surface area contributed by atoms with Crippen LogP contribution in [-0.2, 0) is 11.2 Å². The van der Waals surface area contributed by atoms with Gasteiger partial charge in [-0.15, -0.1) is 0 Å². The van der Waals surface area contributed by atoms with Crippen LogP contribution in [0.5, 0.6) is 0 Å². The molecular weight excluding hydrogens is 396 g/mol. The molecule has 6 nitrogen and oxygen atoms in total.